The number of halogens is 1. The third kappa shape index (κ3) is 6.11. The van der Waals surface area contributed by atoms with E-state index in [4.69, 9.17) is 4.99 Å². The molecule has 0 radical (unpaired) electrons. The van der Waals surface area contributed by atoms with Crippen molar-refractivity contribution in [1.29, 1.82) is 0 Å². The van der Waals surface area contributed by atoms with Crippen LogP contribution in [0.1, 0.15) is 45.1 Å². The van der Waals surface area contributed by atoms with Crippen LogP contribution in [0.5, 0.6) is 0 Å². The Kier molecular flexibility index (Phi) is 9.08. The van der Waals surface area contributed by atoms with Gasteiger partial charge in [0.25, 0.3) is 0 Å². The minimum Gasteiger partial charge on any atom is -0.392 e. The van der Waals surface area contributed by atoms with Gasteiger partial charge in [0.15, 0.2) is 5.96 Å². The molecule has 2 aliphatic rings. The highest BCUT2D eigenvalue weighted by molar-refractivity contribution is 14.0. The average Bonchev–Trinajstić information content (AvgIpc) is 3.22. The molecule has 1 aromatic rings. The van der Waals surface area contributed by atoms with Crippen LogP contribution in [0.25, 0.3) is 0 Å². The van der Waals surface area contributed by atoms with Gasteiger partial charge in [0.2, 0.25) is 0 Å². The molecule has 0 spiro atoms. The molecule has 0 amide bonds. The topological polar surface area (TPSA) is 59.9 Å². The van der Waals surface area contributed by atoms with Gasteiger partial charge in [-0.15, -0.1) is 24.0 Å². The van der Waals surface area contributed by atoms with Gasteiger partial charge in [0, 0.05) is 37.3 Å². The van der Waals surface area contributed by atoms with Crippen LogP contribution in [-0.2, 0) is 6.54 Å². The van der Waals surface area contributed by atoms with Crippen molar-refractivity contribution in [3.63, 3.8) is 0 Å². The Hall–Kier alpha value is -1.28. The first-order valence-corrected chi connectivity index (χ1v) is 10.3. The van der Waals surface area contributed by atoms with Crippen LogP contribution in [0, 0.1) is 5.41 Å². The van der Waals surface area contributed by atoms with Gasteiger partial charge < -0.3 is 20.6 Å². The minimum atomic E-state index is -0.228. The molecule has 3 N–H and O–H groups in total. The minimum absolute atomic E-state index is 0. The van der Waals surface area contributed by atoms with E-state index >= 15 is 0 Å². The third-order valence-electron chi connectivity index (χ3n) is 5.82. The molecule has 28 heavy (non-hydrogen) atoms. The lowest BCUT2D eigenvalue weighted by Gasteiger charge is -2.38. The quantitative estimate of drug-likeness (QED) is 0.243. The predicted molar refractivity (Wildman–Crippen MR) is 129 cm³/mol. The zero-order valence-corrected chi connectivity index (χ0v) is 19.5. The molecule has 1 heterocycles. The van der Waals surface area contributed by atoms with E-state index in [2.05, 4.69) is 65.8 Å². The summed E-state index contributed by atoms with van der Waals surface area (Å²) < 4.78 is 0. The van der Waals surface area contributed by atoms with Crippen molar-refractivity contribution in [2.75, 3.05) is 31.1 Å². The summed E-state index contributed by atoms with van der Waals surface area (Å²) in [7, 11) is 0. The maximum atomic E-state index is 10.4. The van der Waals surface area contributed by atoms with Crippen molar-refractivity contribution >= 4 is 35.6 Å². The first-order chi connectivity index (χ1) is 13.1. The van der Waals surface area contributed by atoms with Gasteiger partial charge in [-0.1, -0.05) is 44.1 Å². The highest BCUT2D eigenvalue weighted by Crippen LogP contribution is 2.35. The Morgan fingerprint density at radius 2 is 1.89 bits per heavy atom. The van der Waals surface area contributed by atoms with Crippen LogP contribution < -0.4 is 15.5 Å². The van der Waals surface area contributed by atoms with Crippen LogP contribution in [0.4, 0.5) is 5.69 Å². The first-order valence-electron chi connectivity index (χ1n) is 10.3. The Labute approximate surface area is 186 Å². The number of aliphatic hydroxyl groups is 1. The van der Waals surface area contributed by atoms with Gasteiger partial charge in [-0.2, -0.15) is 0 Å². The summed E-state index contributed by atoms with van der Waals surface area (Å²) >= 11 is 0. The van der Waals surface area contributed by atoms with Gasteiger partial charge in [-0.25, -0.2) is 4.99 Å². The molecular formula is C22H35IN4O. The van der Waals surface area contributed by atoms with Crippen molar-refractivity contribution in [3.05, 3.63) is 42.0 Å². The zero-order valence-electron chi connectivity index (χ0n) is 17.2. The van der Waals surface area contributed by atoms with E-state index < -0.39 is 0 Å². The molecule has 0 bridgehead atoms. The molecule has 1 saturated carbocycles. The maximum absolute atomic E-state index is 10.4. The molecule has 1 fully saturated rings. The van der Waals surface area contributed by atoms with Gasteiger partial charge in [0.05, 0.1) is 12.6 Å². The second-order valence-corrected chi connectivity index (χ2v) is 8.01. The SMILES string of the molecule is CCNC(=NCc1ccc(N2CC=CC2)cc1)NCC1(C)CCCCC1O.I. The monoisotopic (exact) mass is 498 g/mol. The second-order valence-electron chi connectivity index (χ2n) is 8.01. The number of benzene rings is 1. The van der Waals surface area contributed by atoms with Crippen molar-refractivity contribution < 1.29 is 5.11 Å². The molecule has 156 valence electrons. The first kappa shape index (κ1) is 23.0. The van der Waals surface area contributed by atoms with E-state index in [-0.39, 0.29) is 35.5 Å². The normalized spacial score (nSPS) is 24.8. The molecule has 0 aromatic heterocycles. The molecule has 1 aliphatic heterocycles. The molecule has 6 heteroatoms. The standard InChI is InChI=1S/C22H34N4O.HI/c1-3-23-21(25-17-22(2)13-5-4-8-20(22)27)24-16-18-9-11-19(12-10-18)26-14-6-7-15-26;/h6-7,9-12,20,27H,3-5,8,13-17H2,1-2H3,(H2,23,24,25);1H. The number of aliphatic hydroxyl groups excluding tert-OH is 1. The van der Waals surface area contributed by atoms with Gasteiger partial charge in [-0.3, -0.25) is 0 Å². The van der Waals surface area contributed by atoms with Crippen LogP contribution in [0.3, 0.4) is 0 Å². The zero-order chi connectivity index (χ0) is 19.1. The molecule has 0 saturated heterocycles. The molecule has 5 nitrogen and oxygen atoms in total. The Morgan fingerprint density at radius 3 is 2.54 bits per heavy atom. The molecule has 2 unspecified atom stereocenters. The van der Waals surface area contributed by atoms with E-state index in [9.17, 15) is 5.11 Å². The number of rotatable bonds is 6. The van der Waals surface area contributed by atoms with Gasteiger partial charge in [-0.05, 0) is 37.5 Å². The van der Waals surface area contributed by atoms with Gasteiger partial charge >= 0.3 is 0 Å². The summed E-state index contributed by atoms with van der Waals surface area (Å²) in [5.41, 5.74) is 2.39. The highest BCUT2D eigenvalue weighted by atomic mass is 127. The lowest BCUT2D eigenvalue weighted by molar-refractivity contribution is 0.00397. The van der Waals surface area contributed by atoms with E-state index in [0.717, 1.165) is 51.4 Å². The van der Waals surface area contributed by atoms with Crippen molar-refractivity contribution in [2.24, 2.45) is 10.4 Å². The van der Waals surface area contributed by atoms with E-state index in [0.29, 0.717) is 6.54 Å². The lowest BCUT2D eigenvalue weighted by atomic mass is 9.73. The molecule has 1 aromatic carbocycles. The number of hydrogen-bond donors (Lipinski definition) is 3. The van der Waals surface area contributed by atoms with E-state index in [1.54, 1.807) is 0 Å². The Morgan fingerprint density at radius 1 is 1.18 bits per heavy atom. The number of hydrogen-bond acceptors (Lipinski definition) is 3. The van der Waals surface area contributed by atoms with Crippen molar-refractivity contribution in [2.45, 2.75) is 52.2 Å². The number of guanidine groups is 1. The van der Waals surface area contributed by atoms with E-state index in [1.807, 2.05) is 0 Å². The summed E-state index contributed by atoms with van der Waals surface area (Å²) in [6, 6.07) is 8.68. The number of aliphatic imine (C=N–C) groups is 1. The van der Waals surface area contributed by atoms with Crippen LogP contribution in [-0.4, -0.2) is 43.3 Å². The maximum Gasteiger partial charge on any atom is 0.191 e. The summed E-state index contributed by atoms with van der Waals surface area (Å²) in [5.74, 6) is 0.823. The summed E-state index contributed by atoms with van der Waals surface area (Å²) in [6.07, 6.45) is 8.48. The van der Waals surface area contributed by atoms with Crippen LogP contribution >= 0.6 is 24.0 Å². The van der Waals surface area contributed by atoms with Gasteiger partial charge in [0.1, 0.15) is 0 Å². The summed E-state index contributed by atoms with van der Waals surface area (Å²) in [5, 5.41) is 17.2. The fraction of sp³-hybridized carbons (Fsp3) is 0.591. The molecular weight excluding hydrogens is 463 g/mol. The van der Waals surface area contributed by atoms with Crippen LogP contribution in [0.15, 0.2) is 41.4 Å². The van der Waals surface area contributed by atoms with Crippen molar-refractivity contribution in [3.8, 4) is 0 Å². The summed E-state index contributed by atoms with van der Waals surface area (Å²) in [4.78, 5) is 7.08. The molecule has 1 aliphatic carbocycles. The Balaban J connectivity index is 0.00000280. The fourth-order valence-electron chi connectivity index (χ4n) is 3.89. The number of nitrogens with zero attached hydrogens (tertiary/aromatic N) is 2. The number of nitrogens with one attached hydrogen (secondary N) is 2. The molecule has 3 rings (SSSR count). The second kappa shape index (κ2) is 11.0. The lowest BCUT2D eigenvalue weighted by Crippen LogP contribution is -2.48. The highest BCUT2D eigenvalue weighted by Gasteiger charge is 2.35. The molecule has 2 atom stereocenters. The number of anilines is 1. The smallest absolute Gasteiger partial charge is 0.191 e. The largest absolute Gasteiger partial charge is 0.392 e. The third-order valence-corrected chi connectivity index (χ3v) is 5.82. The fourth-order valence-corrected chi connectivity index (χ4v) is 3.89. The van der Waals surface area contributed by atoms with Crippen LogP contribution in [0.2, 0.25) is 0 Å². The van der Waals surface area contributed by atoms with E-state index in [1.165, 1.54) is 17.7 Å². The van der Waals surface area contributed by atoms with Crippen molar-refractivity contribution in [1.82, 2.24) is 10.6 Å². The summed E-state index contributed by atoms with van der Waals surface area (Å²) in [6.45, 7) is 8.47. The Bertz CT molecular complexity index is 653. The predicted octanol–water partition coefficient (Wildman–Crippen LogP) is 3.68. The average molecular weight is 498 g/mol.